The predicted molar refractivity (Wildman–Crippen MR) is 172 cm³/mol. The predicted octanol–water partition coefficient (Wildman–Crippen LogP) is -0.0948. The average Bonchev–Trinajstić information content (AvgIpc) is 3.59. The number of methoxy groups -OCH3 is 1. The smallest absolute Gasteiger partial charge is 0.331 e. The summed E-state index contributed by atoms with van der Waals surface area (Å²) in [5.41, 5.74) is -0.841. The lowest BCUT2D eigenvalue weighted by Crippen LogP contribution is -2.64. The van der Waals surface area contributed by atoms with Gasteiger partial charge in [-0.3, -0.25) is 0 Å². The van der Waals surface area contributed by atoms with Crippen molar-refractivity contribution in [2.75, 3.05) is 20.3 Å². The van der Waals surface area contributed by atoms with E-state index in [-0.39, 0.29) is 41.8 Å². The summed E-state index contributed by atoms with van der Waals surface area (Å²) in [6, 6.07) is 0. The van der Waals surface area contributed by atoms with Crippen molar-refractivity contribution in [3.63, 3.8) is 0 Å². The molecule has 50 heavy (non-hydrogen) atoms. The topological polar surface area (TPSA) is 214 Å². The van der Waals surface area contributed by atoms with E-state index >= 15 is 0 Å². The number of carbonyl (C=O) groups excluding carboxylic acids is 1. The Balaban J connectivity index is 1.000. The fourth-order valence-electron chi connectivity index (χ4n) is 11.7. The standard InChI is InChI=1S/C36H56O14/c1-16-30(50-32-28(42)27(41)26(40)23(14-37)49-32)31(45-4)29(43)33(47-16)48-19-7-9-34(2)18(12-19)5-6-21-20(34)8-10-35(3)25(17-11-24(39)46-15-17)22(38)13-36(21,35)44/h11,16,18-23,25-33,37-38,40-44H,5-10,12-15H2,1-4H3/t16-,18-,19+,20+,21-,22+,23-,25+,26-,27+,28-,29-,30+,31-,32+,33+,34+,35-,36+/m1/s1. The number of hydrogen-bond donors (Lipinski definition) is 7. The van der Waals surface area contributed by atoms with E-state index in [4.69, 9.17) is 28.4 Å². The van der Waals surface area contributed by atoms with Crippen LogP contribution in [-0.2, 0) is 33.2 Å². The molecule has 0 spiro atoms. The third kappa shape index (κ3) is 5.72. The maximum Gasteiger partial charge on any atom is 0.331 e. The molecule has 3 heterocycles. The van der Waals surface area contributed by atoms with E-state index < -0.39 is 85.1 Å². The molecule has 284 valence electrons. The first-order valence-corrected chi connectivity index (χ1v) is 18.4. The Labute approximate surface area is 292 Å². The summed E-state index contributed by atoms with van der Waals surface area (Å²) < 4.78 is 35.0. The molecule has 0 amide bonds. The number of carbonyl (C=O) groups is 1. The molecule has 4 aliphatic carbocycles. The van der Waals surface area contributed by atoms with Gasteiger partial charge in [-0.1, -0.05) is 13.8 Å². The van der Waals surface area contributed by atoms with Crippen molar-refractivity contribution >= 4 is 5.97 Å². The highest BCUT2D eigenvalue weighted by molar-refractivity contribution is 5.85. The molecule has 4 saturated carbocycles. The van der Waals surface area contributed by atoms with Gasteiger partial charge in [-0.15, -0.1) is 0 Å². The molecule has 0 unspecified atom stereocenters. The average molecular weight is 713 g/mol. The van der Waals surface area contributed by atoms with Crippen molar-refractivity contribution in [3.05, 3.63) is 11.6 Å². The van der Waals surface area contributed by atoms with Crippen LogP contribution in [0.3, 0.4) is 0 Å². The molecule has 0 aromatic carbocycles. The van der Waals surface area contributed by atoms with Crippen LogP contribution >= 0.6 is 0 Å². The second kappa shape index (κ2) is 13.5. The largest absolute Gasteiger partial charge is 0.458 e. The third-order valence-corrected chi connectivity index (χ3v) is 14.4. The first kappa shape index (κ1) is 37.1. The Hall–Kier alpha value is -1.27. The maximum absolute atomic E-state index is 12.5. The summed E-state index contributed by atoms with van der Waals surface area (Å²) in [6.07, 6.45) is -5.43. The number of aliphatic hydroxyl groups excluding tert-OH is 6. The molecule has 2 saturated heterocycles. The fourth-order valence-corrected chi connectivity index (χ4v) is 11.7. The Morgan fingerprint density at radius 3 is 2.30 bits per heavy atom. The highest BCUT2D eigenvalue weighted by atomic mass is 16.7. The summed E-state index contributed by atoms with van der Waals surface area (Å²) in [5, 5.41) is 75.7. The van der Waals surface area contributed by atoms with Crippen molar-refractivity contribution in [3.8, 4) is 0 Å². The Kier molecular flexibility index (Phi) is 10.0. The molecule has 0 aromatic rings. The van der Waals surface area contributed by atoms with Crippen molar-refractivity contribution in [2.24, 2.45) is 34.5 Å². The van der Waals surface area contributed by atoms with Gasteiger partial charge in [-0.25, -0.2) is 4.79 Å². The number of esters is 1. The van der Waals surface area contributed by atoms with Gasteiger partial charge >= 0.3 is 5.97 Å². The molecular formula is C36H56O14. The van der Waals surface area contributed by atoms with E-state index in [0.717, 1.165) is 50.5 Å². The summed E-state index contributed by atoms with van der Waals surface area (Å²) in [7, 11) is 1.42. The first-order valence-electron chi connectivity index (χ1n) is 18.4. The van der Waals surface area contributed by atoms with Crippen molar-refractivity contribution in [2.45, 2.75) is 151 Å². The van der Waals surface area contributed by atoms with Gasteiger partial charge in [0.05, 0.1) is 30.5 Å². The molecular weight excluding hydrogens is 656 g/mol. The van der Waals surface area contributed by atoms with E-state index in [1.165, 1.54) is 13.2 Å². The monoisotopic (exact) mass is 712 g/mol. The van der Waals surface area contributed by atoms with Crippen LogP contribution in [0.2, 0.25) is 0 Å². The van der Waals surface area contributed by atoms with Gasteiger partial charge in [-0.2, -0.15) is 0 Å². The number of cyclic esters (lactones) is 1. The van der Waals surface area contributed by atoms with Crippen LogP contribution in [0, 0.1) is 34.5 Å². The molecule has 7 N–H and O–H groups in total. The maximum atomic E-state index is 12.5. The SMILES string of the molecule is CO[C@@H]1[C@@H](O)[C@H](O[C@H]2CC[C@@]3(C)[C@H](CC[C@@H]4[C@@H]3CC[C@]3(C)[C@@H](C5=CC(=O)OC5)[C@@H](O)C[C@]43O)C2)O[C@H](C)[C@@H]1O[C@@H]1O[C@H](CO)[C@@H](O)[C@H](O)[C@H]1O. The van der Waals surface area contributed by atoms with Gasteiger partial charge < -0.3 is 64.2 Å². The fraction of sp³-hybridized carbons (Fsp3) is 0.917. The lowest BCUT2D eigenvalue weighted by Gasteiger charge is -2.63. The number of ether oxygens (including phenoxy) is 6. The van der Waals surface area contributed by atoms with Crippen LogP contribution in [0.4, 0.5) is 0 Å². The highest BCUT2D eigenvalue weighted by Gasteiger charge is 2.70. The zero-order chi connectivity index (χ0) is 35.9. The summed E-state index contributed by atoms with van der Waals surface area (Å²) in [4.78, 5) is 11.9. The van der Waals surface area contributed by atoms with E-state index in [1.807, 2.05) is 0 Å². The number of rotatable bonds is 7. The lowest BCUT2D eigenvalue weighted by molar-refractivity contribution is -0.362. The second-order valence-corrected chi connectivity index (χ2v) is 16.7. The molecule has 14 nitrogen and oxygen atoms in total. The molecule has 19 atom stereocenters. The van der Waals surface area contributed by atoms with Crippen LogP contribution in [0.5, 0.6) is 0 Å². The van der Waals surface area contributed by atoms with Gasteiger partial charge in [0, 0.05) is 30.9 Å². The number of aliphatic hydroxyl groups is 7. The molecule has 7 rings (SSSR count). The summed E-state index contributed by atoms with van der Waals surface area (Å²) >= 11 is 0. The Bertz CT molecular complexity index is 1300. The van der Waals surface area contributed by atoms with Gasteiger partial charge in [0.1, 0.15) is 49.3 Å². The molecule has 0 radical (unpaired) electrons. The van der Waals surface area contributed by atoms with E-state index in [1.54, 1.807) is 6.92 Å². The van der Waals surface area contributed by atoms with Gasteiger partial charge in [0.2, 0.25) is 0 Å². The molecule has 0 bridgehead atoms. The second-order valence-electron chi connectivity index (χ2n) is 16.7. The first-order chi connectivity index (χ1) is 23.7. The molecule has 0 aromatic heterocycles. The molecule has 3 aliphatic heterocycles. The van der Waals surface area contributed by atoms with Crippen LogP contribution in [0.25, 0.3) is 0 Å². The molecule has 7 aliphatic rings. The van der Waals surface area contributed by atoms with Gasteiger partial charge in [0.15, 0.2) is 12.6 Å². The van der Waals surface area contributed by atoms with E-state index in [2.05, 4.69) is 13.8 Å². The van der Waals surface area contributed by atoms with Crippen LogP contribution in [0.1, 0.15) is 72.1 Å². The number of fused-ring (bicyclic) bond motifs is 5. The minimum Gasteiger partial charge on any atom is -0.458 e. The highest BCUT2D eigenvalue weighted by Crippen LogP contribution is 2.70. The van der Waals surface area contributed by atoms with Crippen molar-refractivity contribution in [1.29, 1.82) is 0 Å². The van der Waals surface area contributed by atoms with Crippen LogP contribution in [0.15, 0.2) is 11.6 Å². The zero-order valence-corrected chi connectivity index (χ0v) is 29.4. The van der Waals surface area contributed by atoms with Crippen molar-refractivity contribution in [1.82, 2.24) is 0 Å². The minimum atomic E-state index is -1.61. The molecule has 6 fully saturated rings. The van der Waals surface area contributed by atoms with Gasteiger partial charge in [0.25, 0.3) is 0 Å². The van der Waals surface area contributed by atoms with Crippen LogP contribution < -0.4 is 0 Å². The summed E-state index contributed by atoms with van der Waals surface area (Å²) in [5.74, 6) is -0.0506. The van der Waals surface area contributed by atoms with E-state index in [0.29, 0.717) is 12.3 Å². The van der Waals surface area contributed by atoms with Crippen molar-refractivity contribution < 1.29 is 69.0 Å². The third-order valence-electron chi connectivity index (χ3n) is 14.4. The number of hydrogen-bond acceptors (Lipinski definition) is 14. The molecule has 14 heteroatoms. The van der Waals surface area contributed by atoms with Gasteiger partial charge in [-0.05, 0) is 80.6 Å². The quantitative estimate of drug-likeness (QED) is 0.136. The van der Waals surface area contributed by atoms with E-state index in [9.17, 15) is 40.5 Å². The minimum absolute atomic E-state index is 0.0330. The van der Waals surface area contributed by atoms with Crippen LogP contribution in [-0.4, -0.2) is 141 Å². The normalized spacial score (nSPS) is 55.1. The Morgan fingerprint density at radius 1 is 0.880 bits per heavy atom. The Morgan fingerprint density at radius 2 is 1.62 bits per heavy atom. The zero-order valence-electron chi connectivity index (χ0n) is 29.4. The lowest BCUT2D eigenvalue weighted by atomic mass is 9.43. The summed E-state index contributed by atoms with van der Waals surface area (Å²) in [6.45, 7) is 5.74.